The Balaban J connectivity index is 2.11. The predicted octanol–water partition coefficient (Wildman–Crippen LogP) is 5.67. The van der Waals surface area contributed by atoms with E-state index in [9.17, 15) is 22.8 Å². The van der Waals surface area contributed by atoms with Gasteiger partial charge in [-0.2, -0.15) is 0 Å². The van der Waals surface area contributed by atoms with E-state index >= 15 is 4.39 Å². The first-order chi connectivity index (χ1) is 19.5. The van der Waals surface area contributed by atoms with E-state index in [2.05, 4.69) is 26.9 Å². The molecule has 204 valence electrons. The topological polar surface area (TPSA) is 113 Å². The fourth-order valence-corrected chi connectivity index (χ4v) is 3.12. The maximum Gasteiger partial charge on any atom is 0.573 e. The van der Waals surface area contributed by atoms with Gasteiger partial charge in [0.1, 0.15) is 28.6 Å². The lowest BCUT2D eigenvalue weighted by molar-refractivity contribution is -0.274. The number of nitrogens with one attached hydrogen (secondary N) is 1. The number of hydrogen-bond donors (Lipinski definition) is 2. The third kappa shape index (κ3) is 8.10. The van der Waals surface area contributed by atoms with E-state index in [1.807, 2.05) is 13.8 Å². The van der Waals surface area contributed by atoms with Crippen molar-refractivity contribution >= 4 is 17.5 Å². The molecule has 3 rings (SSSR count). The first-order valence-electron chi connectivity index (χ1n) is 12.7. The molecule has 0 atom stereocenters. The van der Waals surface area contributed by atoms with Crippen LogP contribution < -0.4 is 25.3 Å². The van der Waals surface area contributed by atoms with Crippen LogP contribution in [0.4, 0.5) is 23.2 Å². The number of amides is 2. The molecule has 0 unspecified atom stereocenters. The van der Waals surface area contributed by atoms with E-state index in [1.54, 1.807) is 0 Å². The highest BCUT2D eigenvalue weighted by Gasteiger charge is 2.31. The average molecular weight is 549 g/mol. The molecule has 0 saturated carbocycles. The number of benzene rings is 2. The maximum absolute atomic E-state index is 15.4. The molecule has 0 fully saturated rings. The highest BCUT2D eigenvalue weighted by molar-refractivity contribution is 6.07. The second-order valence-corrected chi connectivity index (χ2v) is 8.34. The maximum atomic E-state index is 15.4. The van der Waals surface area contributed by atoms with E-state index in [0.717, 1.165) is 24.3 Å². The minimum atomic E-state index is -5.10. The number of methoxy groups -OCH3 is 1. The van der Waals surface area contributed by atoms with Gasteiger partial charge in [-0.1, -0.05) is 25.7 Å². The van der Waals surface area contributed by atoms with Crippen LogP contribution in [-0.2, 0) is 0 Å². The van der Waals surface area contributed by atoms with Crippen molar-refractivity contribution in [1.82, 2.24) is 4.98 Å². The standard InChI is InChI=1S/C27H23F4N3O5/c1-15(2)5-4-6-16-11-19(28)24(26(36)34-17-9-10-33-20(13-17)25(32)35)23(12-16)38-21-8-7-18(14-22(21)37-3)39-27(29,30)31/h7-15H,5H2,1-3H3,(H2,32,35)(H,33,34,36)/i3D3. The Morgan fingerprint density at radius 1 is 1.13 bits per heavy atom. The van der Waals surface area contributed by atoms with E-state index in [4.69, 9.17) is 19.3 Å². The molecule has 0 radical (unpaired) electrons. The molecule has 0 bridgehead atoms. The van der Waals surface area contributed by atoms with Gasteiger partial charge in [0.05, 0.1) is 11.2 Å². The summed E-state index contributed by atoms with van der Waals surface area (Å²) >= 11 is 0. The zero-order valence-corrected chi connectivity index (χ0v) is 20.5. The lowest BCUT2D eigenvalue weighted by atomic mass is 10.1. The van der Waals surface area contributed by atoms with Gasteiger partial charge in [-0.05, 0) is 42.3 Å². The summed E-state index contributed by atoms with van der Waals surface area (Å²) < 4.78 is 90.1. The third-order valence-electron chi connectivity index (χ3n) is 4.77. The first kappa shape index (κ1) is 24.5. The molecule has 2 aromatic carbocycles. The molecule has 12 heteroatoms. The summed E-state index contributed by atoms with van der Waals surface area (Å²) in [5.41, 5.74) is 4.44. The lowest BCUT2D eigenvalue weighted by Gasteiger charge is -2.16. The smallest absolute Gasteiger partial charge is 0.493 e. The highest BCUT2D eigenvalue weighted by atomic mass is 19.4. The van der Waals surface area contributed by atoms with Crippen LogP contribution in [0.1, 0.15) is 50.8 Å². The fourth-order valence-electron chi connectivity index (χ4n) is 3.12. The second-order valence-electron chi connectivity index (χ2n) is 8.34. The van der Waals surface area contributed by atoms with Crippen LogP contribution in [-0.4, -0.2) is 30.2 Å². The Morgan fingerprint density at radius 2 is 1.90 bits per heavy atom. The van der Waals surface area contributed by atoms with Crippen LogP contribution in [0.2, 0.25) is 0 Å². The summed E-state index contributed by atoms with van der Waals surface area (Å²) in [6, 6.07) is 6.91. The van der Waals surface area contributed by atoms with E-state index in [0.29, 0.717) is 12.5 Å². The SMILES string of the molecule is [2H]C([2H])([2H])Oc1cc(OC(F)(F)F)ccc1Oc1cc(C#CCC(C)C)cc(F)c1C(=O)Nc1ccnc(C(N)=O)c1. The number of aromatic nitrogens is 1. The Morgan fingerprint density at radius 3 is 2.56 bits per heavy atom. The van der Waals surface area contributed by atoms with Crippen molar-refractivity contribution in [2.24, 2.45) is 11.7 Å². The molecular weight excluding hydrogens is 522 g/mol. The van der Waals surface area contributed by atoms with Gasteiger partial charge in [0.15, 0.2) is 11.5 Å². The number of carbonyl (C=O) groups excluding carboxylic acids is 2. The minimum absolute atomic E-state index is 0.0232. The van der Waals surface area contributed by atoms with Gasteiger partial charge < -0.3 is 25.3 Å². The normalized spacial score (nSPS) is 12.3. The molecule has 1 aromatic heterocycles. The van der Waals surface area contributed by atoms with E-state index in [-0.39, 0.29) is 22.9 Å². The van der Waals surface area contributed by atoms with Gasteiger partial charge in [0, 0.05) is 29.9 Å². The Bertz CT molecular complexity index is 1550. The van der Waals surface area contributed by atoms with Crippen molar-refractivity contribution in [3.05, 3.63) is 71.3 Å². The van der Waals surface area contributed by atoms with Gasteiger partial charge in [-0.15, -0.1) is 13.2 Å². The van der Waals surface area contributed by atoms with E-state index in [1.165, 1.54) is 18.3 Å². The molecule has 39 heavy (non-hydrogen) atoms. The van der Waals surface area contributed by atoms with Crippen molar-refractivity contribution < 1.29 is 45.5 Å². The summed E-state index contributed by atoms with van der Waals surface area (Å²) in [5, 5.41) is 2.38. The van der Waals surface area contributed by atoms with Crippen LogP contribution in [0.3, 0.4) is 0 Å². The van der Waals surface area contributed by atoms with Crippen molar-refractivity contribution in [2.45, 2.75) is 26.6 Å². The van der Waals surface area contributed by atoms with Crippen LogP contribution >= 0.6 is 0 Å². The molecule has 3 N–H and O–H groups in total. The molecule has 0 aliphatic heterocycles. The Labute approximate surface area is 225 Å². The van der Waals surface area contributed by atoms with E-state index < -0.39 is 59.6 Å². The molecule has 0 saturated heterocycles. The van der Waals surface area contributed by atoms with Gasteiger partial charge in [-0.3, -0.25) is 14.6 Å². The summed E-state index contributed by atoms with van der Waals surface area (Å²) in [4.78, 5) is 28.4. The number of ether oxygens (including phenoxy) is 3. The molecule has 2 amide bonds. The molecule has 0 aliphatic carbocycles. The van der Waals surface area contributed by atoms with Crippen molar-refractivity contribution in [3.8, 4) is 34.8 Å². The minimum Gasteiger partial charge on any atom is -0.493 e. The summed E-state index contributed by atoms with van der Waals surface area (Å²) in [7, 11) is -3.13. The van der Waals surface area contributed by atoms with Crippen molar-refractivity contribution in [2.75, 3.05) is 12.4 Å². The number of carbonyl (C=O) groups is 2. The average Bonchev–Trinajstić information content (AvgIpc) is 2.83. The monoisotopic (exact) mass is 548 g/mol. The number of rotatable bonds is 8. The largest absolute Gasteiger partial charge is 0.573 e. The third-order valence-corrected chi connectivity index (χ3v) is 4.77. The zero-order chi connectivity index (χ0) is 31.2. The molecule has 8 nitrogen and oxygen atoms in total. The Kier molecular flexibility index (Phi) is 7.66. The van der Waals surface area contributed by atoms with Crippen molar-refractivity contribution in [3.63, 3.8) is 0 Å². The lowest BCUT2D eigenvalue weighted by Crippen LogP contribution is -2.17. The molecule has 0 aliphatic rings. The number of halogens is 4. The molecule has 1 heterocycles. The quantitative estimate of drug-likeness (QED) is 0.277. The van der Waals surface area contributed by atoms with Crippen molar-refractivity contribution in [1.29, 1.82) is 0 Å². The highest BCUT2D eigenvalue weighted by Crippen LogP contribution is 2.38. The summed E-state index contributed by atoms with van der Waals surface area (Å²) in [6.07, 6.45) is -3.46. The Hall–Kier alpha value is -4.79. The van der Waals surface area contributed by atoms with Gasteiger partial charge >= 0.3 is 6.36 Å². The number of primary amides is 1. The number of hydrogen-bond acceptors (Lipinski definition) is 6. The molecular formula is C27H23F4N3O5. The van der Waals surface area contributed by atoms with Gasteiger partial charge in [0.2, 0.25) is 0 Å². The number of nitrogens with zero attached hydrogens (tertiary/aromatic N) is 1. The van der Waals surface area contributed by atoms with Crippen LogP contribution in [0.5, 0.6) is 23.0 Å². The summed E-state index contributed by atoms with van der Waals surface area (Å²) in [6.45, 7) is 3.83. The predicted molar refractivity (Wildman–Crippen MR) is 133 cm³/mol. The van der Waals surface area contributed by atoms with Gasteiger partial charge in [-0.25, -0.2) is 4.39 Å². The first-order valence-corrected chi connectivity index (χ1v) is 11.2. The van der Waals surface area contributed by atoms with Gasteiger partial charge in [0.25, 0.3) is 11.8 Å². The second kappa shape index (κ2) is 12.2. The fraction of sp³-hybridized carbons (Fsp3) is 0.222. The number of pyridine rings is 1. The van der Waals surface area contributed by atoms with Crippen LogP contribution in [0.25, 0.3) is 0 Å². The molecule has 0 spiro atoms. The van der Waals surface area contributed by atoms with Crippen LogP contribution in [0.15, 0.2) is 48.7 Å². The van der Waals surface area contributed by atoms with Crippen LogP contribution in [0, 0.1) is 23.6 Å². The number of anilines is 1. The zero-order valence-electron chi connectivity index (χ0n) is 23.5. The summed E-state index contributed by atoms with van der Waals surface area (Å²) in [5.74, 6) is 0.226. The molecule has 3 aromatic rings. The number of alkyl halides is 3. The number of nitrogens with two attached hydrogens (primary N) is 1.